The van der Waals surface area contributed by atoms with Crippen LogP contribution in [0.15, 0.2) is 11.6 Å². The highest BCUT2D eigenvalue weighted by Crippen LogP contribution is 2.26. The van der Waals surface area contributed by atoms with Crippen LogP contribution in [0.1, 0.15) is 47.5 Å². The first-order valence-electron chi connectivity index (χ1n) is 5.81. The van der Waals surface area contributed by atoms with Gasteiger partial charge < -0.3 is 4.74 Å². The Morgan fingerprint density at radius 1 is 1.33 bits per heavy atom. The molecule has 0 saturated heterocycles. The Hall–Kier alpha value is -0.380. The monoisotopic (exact) mass is 214 g/mol. The van der Waals surface area contributed by atoms with Gasteiger partial charge in [0.1, 0.15) is 0 Å². The molecule has 1 atom stereocenters. The van der Waals surface area contributed by atoms with E-state index in [0.29, 0.717) is 0 Å². The molecule has 0 bridgehead atoms. The van der Waals surface area contributed by atoms with E-state index in [4.69, 9.17) is 10.6 Å². The van der Waals surface area contributed by atoms with E-state index in [1.54, 1.807) is 0 Å². The fourth-order valence-corrected chi connectivity index (χ4v) is 1.96. The molecule has 15 heavy (non-hydrogen) atoms. The highest BCUT2D eigenvalue weighted by molar-refractivity contribution is 5.08. The predicted molar refractivity (Wildman–Crippen MR) is 65.5 cm³/mol. The van der Waals surface area contributed by atoms with Gasteiger partial charge in [-0.3, -0.25) is 11.3 Å². The van der Waals surface area contributed by atoms with Crippen molar-refractivity contribution in [1.82, 2.24) is 5.43 Å². The molecule has 0 aromatic rings. The predicted octanol–water partition coefficient (Wildman–Crippen LogP) is 2.38. The molecule has 0 heterocycles. The zero-order valence-corrected chi connectivity index (χ0v) is 10.8. The molecule has 90 valence electrons. The zero-order chi connectivity index (χ0) is 11.9. The van der Waals surface area contributed by atoms with Crippen molar-refractivity contribution >= 4 is 0 Å². The van der Waals surface area contributed by atoms with Crippen LogP contribution in [0.2, 0.25) is 0 Å². The number of ether oxygens (including phenoxy) is 1. The van der Waals surface area contributed by atoms with Gasteiger partial charge in [0, 0.05) is 6.61 Å². The van der Waals surface area contributed by atoms with Crippen molar-refractivity contribution in [2.24, 2.45) is 5.84 Å². The number of allylic oxidation sites excluding steroid dienone is 1. The number of hydrazine groups is 1. The van der Waals surface area contributed by atoms with Crippen molar-refractivity contribution in [3.63, 3.8) is 0 Å². The van der Waals surface area contributed by atoms with Crippen LogP contribution in [0.3, 0.4) is 0 Å². The number of nitrogens with one attached hydrogen (secondary N) is 1. The first kappa shape index (κ1) is 14.6. The lowest BCUT2D eigenvalue weighted by Crippen LogP contribution is -2.53. The van der Waals surface area contributed by atoms with Crippen LogP contribution in [0.25, 0.3) is 0 Å². The first-order chi connectivity index (χ1) is 7.06. The maximum Gasteiger partial charge on any atom is 0.0878 e. The van der Waals surface area contributed by atoms with Crippen LogP contribution in [-0.2, 0) is 4.74 Å². The Labute approximate surface area is 94.0 Å². The van der Waals surface area contributed by atoms with Gasteiger partial charge in [-0.25, -0.2) is 0 Å². The Bertz CT molecular complexity index is 194. The summed E-state index contributed by atoms with van der Waals surface area (Å²) in [5.41, 5.74) is 3.93. The minimum absolute atomic E-state index is 0.0810. The van der Waals surface area contributed by atoms with Crippen LogP contribution in [0.4, 0.5) is 0 Å². The smallest absolute Gasteiger partial charge is 0.0878 e. The molecule has 0 aliphatic rings. The summed E-state index contributed by atoms with van der Waals surface area (Å²) in [5.74, 6) is 5.61. The average Bonchev–Trinajstić information content (AvgIpc) is 2.23. The van der Waals surface area contributed by atoms with Gasteiger partial charge in [-0.2, -0.15) is 0 Å². The third-order valence-corrected chi connectivity index (χ3v) is 2.88. The number of nitrogens with two attached hydrogens (primary N) is 1. The van der Waals surface area contributed by atoms with E-state index in [1.165, 1.54) is 5.57 Å². The van der Waals surface area contributed by atoms with E-state index in [0.717, 1.165) is 19.4 Å². The summed E-state index contributed by atoms with van der Waals surface area (Å²) in [4.78, 5) is 0. The van der Waals surface area contributed by atoms with E-state index in [2.05, 4.69) is 39.2 Å². The Morgan fingerprint density at radius 3 is 2.13 bits per heavy atom. The number of hydrogen-bond acceptors (Lipinski definition) is 3. The summed E-state index contributed by atoms with van der Waals surface area (Å²) in [6, 6.07) is 0.0810. The normalized spacial score (nSPS) is 13.7. The minimum Gasteiger partial charge on any atom is -0.373 e. The molecule has 0 spiro atoms. The van der Waals surface area contributed by atoms with Crippen molar-refractivity contribution in [3.8, 4) is 0 Å². The van der Waals surface area contributed by atoms with E-state index >= 15 is 0 Å². The molecular formula is C12H26N2O. The molecule has 0 aliphatic carbocycles. The highest BCUT2D eigenvalue weighted by atomic mass is 16.5. The van der Waals surface area contributed by atoms with Gasteiger partial charge in [-0.1, -0.05) is 25.5 Å². The molecule has 0 amide bonds. The third kappa shape index (κ3) is 3.93. The molecular weight excluding hydrogens is 188 g/mol. The summed E-state index contributed by atoms with van der Waals surface area (Å²) < 4.78 is 5.89. The fraction of sp³-hybridized carbons (Fsp3) is 0.833. The maximum atomic E-state index is 5.89. The van der Waals surface area contributed by atoms with E-state index in [1.807, 2.05) is 6.92 Å². The lowest BCUT2D eigenvalue weighted by atomic mass is 9.87. The molecule has 1 unspecified atom stereocenters. The largest absolute Gasteiger partial charge is 0.373 e. The third-order valence-electron chi connectivity index (χ3n) is 2.88. The minimum atomic E-state index is -0.180. The molecule has 3 N–H and O–H groups in total. The average molecular weight is 214 g/mol. The van der Waals surface area contributed by atoms with Crippen LogP contribution < -0.4 is 11.3 Å². The van der Waals surface area contributed by atoms with E-state index < -0.39 is 0 Å². The number of hydrogen-bond donors (Lipinski definition) is 2. The first-order valence-corrected chi connectivity index (χ1v) is 5.81. The van der Waals surface area contributed by atoms with E-state index in [9.17, 15) is 0 Å². The summed E-state index contributed by atoms with van der Waals surface area (Å²) in [7, 11) is 0. The quantitative estimate of drug-likeness (QED) is 0.388. The number of rotatable bonds is 7. The summed E-state index contributed by atoms with van der Waals surface area (Å²) in [6.45, 7) is 11.2. The van der Waals surface area contributed by atoms with Crippen LogP contribution in [0.5, 0.6) is 0 Å². The lowest BCUT2D eigenvalue weighted by molar-refractivity contribution is -0.0613. The zero-order valence-electron chi connectivity index (χ0n) is 10.8. The highest BCUT2D eigenvalue weighted by Gasteiger charge is 2.34. The van der Waals surface area contributed by atoms with Gasteiger partial charge in [0.15, 0.2) is 0 Å². The Balaban J connectivity index is 4.90. The van der Waals surface area contributed by atoms with Gasteiger partial charge in [-0.05, 0) is 33.6 Å². The van der Waals surface area contributed by atoms with Gasteiger partial charge in [-0.15, -0.1) is 0 Å². The molecule has 3 heteroatoms. The molecule has 0 fully saturated rings. The van der Waals surface area contributed by atoms with Crippen molar-refractivity contribution < 1.29 is 4.74 Å². The van der Waals surface area contributed by atoms with Crippen LogP contribution in [0, 0.1) is 0 Å². The van der Waals surface area contributed by atoms with Crippen LogP contribution >= 0.6 is 0 Å². The SMILES string of the molecule is CCOC(CC)(CC)C(C=C(C)C)NN. The topological polar surface area (TPSA) is 47.3 Å². The van der Waals surface area contributed by atoms with Crippen molar-refractivity contribution in [3.05, 3.63) is 11.6 Å². The molecule has 0 aromatic heterocycles. The van der Waals surface area contributed by atoms with Gasteiger partial charge >= 0.3 is 0 Å². The van der Waals surface area contributed by atoms with Crippen molar-refractivity contribution in [1.29, 1.82) is 0 Å². The summed E-state index contributed by atoms with van der Waals surface area (Å²) >= 11 is 0. The summed E-state index contributed by atoms with van der Waals surface area (Å²) in [6.07, 6.45) is 4.05. The second-order valence-electron chi connectivity index (χ2n) is 4.09. The second-order valence-corrected chi connectivity index (χ2v) is 4.09. The molecule has 0 rings (SSSR count). The molecule has 0 aliphatic heterocycles. The standard InChI is InChI=1S/C12H26N2O/c1-6-12(7-2,15-8-3)11(14-13)9-10(4)5/h9,11,14H,6-8,13H2,1-5H3. The Morgan fingerprint density at radius 2 is 1.87 bits per heavy atom. The molecule has 0 saturated carbocycles. The lowest BCUT2D eigenvalue weighted by Gasteiger charge is -2.37. The molecule has 0 radical (unpaired) electrons. The Kier molecular flexibility index (Phi) is 6.81. The van der Waals surface area contributed by atoms with Crippen molar-refractivity contribution in [2.45, 2.75) is 59.1 Å². The molecule has 3 nitrogen and oxygen atoms in total. The maximum absolute atomic E-state index is 5.89. The van der Waals surface area contributed by atoms with Gasteiger partial charge in [0.2, 0.25) is 0 Å². The van der Waals surface area contributed by atoms with Crippen LogP contribution in [-0.4, -0.2) is 18.2 Å². The fourth-order valence-electron chi connectivity index (χ4n) is 1.96. The van der Waals surface area contributed by atoms with E-state index in [-0.39, 0.29) is 11.6 Å². The van der Waals surface area contributed by atoms with Gasteiger partial charge in [0.25, 0.3) is 0 Å². The van der Waals surface area contributed by atoms with Crippen molar-refractivity contribution in [2.75, 3.05) is 6.61 Å². The summed E-state index contributed by atoms with van der Waals surface area (Å²) in [5, 5.41) is 0. The second kappa shape index (κ2) is 6.99. The van der Waals surface area contributed by atoms with Gasteiger partial charge in [0.05, 0.1) is 11.6 Å². The molecule has 0 aromatic carbocycles.